The number of aliphatic hydroxyl groups excluding tert-OH is 7. The first-order valence-electron chi connectivity index (χ1n) is 27.7. The van der Waals surface area contributed by atoms with Gasteiger partial charge in [-0.15, -0.1) is 0 Å². The average Bonchev–Trinajstić information content (AvgIpc) is 3.81. The molecule has 2 aliphatic carbocycles. The first-order chi connectivity index (χ1) is 36.6. The molecule has 18 heteroatoms. The van der Waals surface area contributed by atoms with Crippen LogP contribution in [-0.2, 0) is 32.0 Å². The number of carbonyl (C=O) groups excluding carboxylic acids is 3. The third kappa shape index (κ3) is 37.5. The van der Waals surface area contributed by atoms with Crippen molar-refractivity contribution in [3.63, 3.8) is 0 Å². The monoisotopic (exact) mass is 1200 g/mol. The van der Waals surface area contributed by atoms with E-state index in [4.69, 9.17) is 21.3 Å². The molecule has 0 aromatic heterocycles. The summed E-state index contributed by atoms with van der Waals surface area (Å²) in [5, 5.41) is 89.7. The van der Waals surface area contributed by atoms with Crippen LogP contribution in [0.1, 0.15) is 154 Å². The molecule has 2 aromatic rings. The SMILES string of the molecule is CC(C)I.CC(C)OC(=O)CCC/C=C\C[C@@H]1[C@@H](CC[C@@H](O)CCc2ccccc2)[C@H](O)C[C@@H]1O.CO.NC(N)=[NH+]CCC[C@H]([NH3+])C(=O)[O-].O=C([O-])CCC/C=C\C[C@@H]1[C@@H](CC[C@@H](O)CCc2ccccc2)[C@H](O)C[C@@H]1O. The summed E-state index contributed by atoms with van der Waals surface area (Å²) in [6.07, 6.45) is 17.3. The van der Waals surface area contributed by atoms with Gasteiger partial charge in [-0.25, -0.2) is 0 Å². The molecule has 15 N–H and O–H groups in total. The zero-order chi connectivity index (χ0) is 58.1. The van der Waals surface area contributed by atoms with Crippen LogP contribution in [0, 0.1) is 23.7 Å². The maximum absolute atomic E-state index is 11.5. The molecular weight excluding hydrogens is 1100 g/mol. The van der Waals surface area contributed by atoms with Crippen LogP contribution in [0.25, 0.3) is 0 Å². The van der Waals surface area contributed by atoms with E-state index in [-0.39, 0.29) is 48.1 Å². The summed E-state index contributed by atoms with van der Waals surface area (Å²) in [6, 6.07) is 19.6. The quantitative estimate of drug-likeness (QED) is 0.0102. The number of halogens is 1. The molecule has 2 saturated carbocycles. The number of unbranched alkanes of at least 4 members (excludes halogenated alkanes) is 2. The number of allylic oxidation sites excluding steroid dienone is 4. The van der Waals surface area contributed by atoms with Crippen LogP contribution < -0.4 is 32.4 Å². The molecular formula is C59H99IN4O13. The average molecular weight is 1200 g/mol. The van der Waals surface area contributed by atoms with Crippen molar-refractivity contribution in [1.82, 2.24) is 0 Å². The van der Waals surface area contributed by atoms with Gasteiger partial charge in [0.05, 0.1) is 55.2 Å². The van der Waals surface area contributed by atoms with Gasteiger partial charge in [0.25, 0.3) is 0 Å². The largest absolute Gasteiger partial charge is 0.550 e. The number of esters is 1. The zero-order valence-corrected chi connectivity index (χ0v) is 48.9. The number of guanidine groups is 1. The van der Waals surface area contributed by atoms with E-state index in [9.17, 15) is 55.2 Å². The molecule has 0 spiro atoms. The van der Waals surface area contributed by atoms with Gasteiger partial charge >= 0.3 is 11.9 Å². The molecule has 2 aromatic carbocycles. The van der Waals surface area contributed by atoms with Crippen LogP contribution in [0.15, 0.2) is 85.0 Å². The topological polar surface area (TPSA) is 342 Å². The lowest BCUT2D eigenvalue weighted by Crippen LogP contribution is -2.78. The maximum Gasteiger partial charge on any atom is 0.338 e. The first-order valence-corrected chi connectivity index (χ1v) is 29.0. The van der Waals surface area contributed by atoms with Crippen molar-refractivity contribution < 1.29 is 75.8 Å². The minimum absolute atomic E-state index is 0.00652. The lowest BCUT2D eigenvalue weighted by atomic mass is 9.85. The molecule has 440 valence electrons. The van der Waals surface area contributed by atoms with Crippen molar-refractivity contribution in [2.24, 2.45) is 35.1 Å². The maximum atomic E-state index is 11.5. The van der Waals surface area contributed by atoms with Crippen LogP contribution >= 0.6 is 22.6 Å². The summed E-state index contributed by atoms with van der Waals surface area (Å²) in [7, 11) is 1.00. The Morgan fingerprint density at radius 3 is 1.44 bits per heavy atom. The molecule has 2 fully saturated rings. The van der Waals surface area contributed by atoms with Crippen molar-refractivity contribution in [3.05, 3.63) is 96.1 Å². The van der Waals surface area contributed by atoms with Gasteiger partial charge in [0.15, 0.2) is 0 Å². The summed E-state index contributed by atoms with van der Waals surface area (Å²) in [6.45, 7) is 8.55. The summed E-state index contributed by atoms with van der Waals surface area (Å²) in [4.78, 5) is 34.8. The fraction of sp³-hybridized carbons (Fsp3) is 0.661. The zero-order valence-electron chi connectivity index (χ0n) is 46.8. The van der Waals surface area contributed by atoms with E-state index in [0.29, 0.717) is 103 Å². The molecule has 11 atom stereocenters. The molecule has 77 heavy (non-hydrogen) atoms. The molecule has 0 unspecified atom stereocenters. The summed E-state index contributed by atoms with van der Waals surface area (Å²) in [5.74, 6) is -2.20. The number of nitrogens with two attached hydrogens (primary N) is 2. The number of benzene rings is 2. The number of carboxylic acid groups (broad SMARTS) is 2. The Hall–Kier alpha value is -3.99. The van der Waals surface area contributed by atoms with Crippen molar-refractivity contribution in [3.8, 4) is 0 Å². The molecule has 0 aliphatic heterocycles. The normalized spacial score (nSPS) is 21.8. The number of aliphatic hydroxyl groups is 7. The summed E-state index contributed by atoms with van der Waals surface area (Å²) >= 11 is 2.34. The number of quaternary nitrogens is 1. The smallest absolute Gasteiger partial charge is 0.338 e. The van der Waals surface area contributed by atoms with Gasteiger partial charge in [-0.2, -0.15) is 0 Å². The van der Waals surface area contributed by atoms with E-state index < -0.39 is 54.6 Å². The van der Waals surface area contributed by atoms with E-state index in [2.05, 4.69) is 77.5 Å². The van der Waals surface area contributed by atoms with Gasteiger partial charge < -0.3 is 66.0 Å². The van der Waals surface area contributed by atoms with E-state index in [1.165, 1.54) is 11.1 Å². The lowest BCUT2D eigenvalue weighted by Gasteiger charge is -2.23. The number of aliphatic carboxylic acids is 2. The van der Waals surface area contributed by atoms with Gasteiger partial charge in [0.2, 0.25) is 0 Å². The van der Waals surface area contributed by atoms with Crippen molar-refractivity contribution in [2.45, 2.75) is 209 Å². The number of ether oxygens (including phenoxy) is 1. The van der Waals surface area contributed by atoms with Crippen LogP contribution in [0.5, 0.6) is 0 Å². The molecule has 4 rings (SSSR count). The van der Waals surface area contributed by atoms with Crippen molar-refractivity contribution in [1.29, 1.82) is 0 Å². The number of hydrogen-bond acceptors (Lipinski definition) is 13. The van der Waals surface area contributed by atoms with Crippen molar-refractivity contribution >= 4 is 46.5 Å². The van der Waals surface area contributed by atoms with E-state index in [1.54, 1.807) is 0 Å². The van der Waals surface area contributed by atoms with Gasteiger partial charge in [-0.05, 0) is 164 Å². The Morgan fingerprint density at radius 1 is 0.662 bits per heavy atom. The Labute approximate surface area is 473 Å². The predicted molar refractivity (Wildman–Crippen MR) is 306 cm³/mol. The molecule has 0 saturated heterocycles. The van der Waals surface area contributed by atoms with E-state index in [0.717, 1.165) is 36.7 Å². The highest BCUT2D eigenvalue weighted by molar-refractivity contribution is 14.1. The second-order valence-electron chi connectivity index (χ2n) is 20.6. The van der Waals surface area contributed by atoms with Crippen molar-refractivity contribution in [2.75, 3.05) is 13.7 Å². The minimum atomic E-state index is -1.13. The van der Waals surface area contributed by atoms with Crippen LogP contribution in [0.3, 0.4) is 0 Å². The van der Waals surface area contributed by atoms with Gasteiger partial charge in [-0.3, -0.25) is 21.3 Å². The molecule has 2 aliphatic rings. The molecule has 0 amide bonds. The van der Waals surface area contributed by atoms with Crippen LogP contribution in [-0.4, -0.2) is 126 Å². The predicted octanol–water partition coefficient (Wildman–Crippen LogP) is 2.09. The number of alkyl halides is 1. The highest BCUT2D eigenvalue weighted by Crippen LogP contribution is 2.40. The fourth-order valence-corrected chi connectivity index (χ4v) is 9.32. The summed E-state index contributed by atoms with van der Waals surface area (Å²) < 4.78 is 5.93. The summed E-state index contributed by atoms with van der Waals surface area (Å²) in [5.41, 5.74) is 16.0. The fourth-order valence-electron chi connectivity index (χ4n) is 9.32. The molecule has 17 nitrogen and oxygen atoms in total. The Bertz CT molecular complexity index is 1890. The molecule has 0 bridgehead atoms. The number of carbonyl (C=O) groups is 3. The Morgan fingerprint density at radius 2 is 1.06 bits per heavy atom. The second-order valence-corrected chi connectivity index (χ2v) is 23.1. The minimum Gasteiger partial charge on any atom is -0.550 e. The third-order valence-electron chi connectivity index (χ3n) is 13.3. The molecule has 0 heterocycles. The number of nitrogens with one attached hydrogen (secondary N) is 1. The van der Waals surface area contributed by atoms with Crippen LogP contribution in [0.2, 0.25) is 0 Å². The van der Waals surface area contributed by atoms with Crippen LogP contribution in [0.4, 0.5) is 0 Å². The first kappa shape index (κ1) is 73.0. The Kier molecular flexibility index (Phi) is 42.5. The second kappa shape index (κ2) is 44.8. The Balaban J connectivity index is 0.00000115. The highest BCUT2D eigenvalue weighted by Gasteiger charge is 2.41. The third-order valence-corrected chi connectivity index (χ3v) is 13.3. The lowest BCUT2D eigenvalue weighted by molar-refractivity contribution is -0.466. The van der Waals surface area contributed by atoms with E-state index >= 15 is 0 Å². The van der Waals surface area contributed by atoms with Gasteiger partial charge in [-0.1, -0.05) is 121 Å². The molecule has 0 radical (unpaired) electrons. The van der Waals surface area contributed by atoms with Gasteiger partial charge in [0, 0.05) is 29.8 Å². The van der Waals surface area contributed by atoms with E-state index in [1.807, 2.05) is 68.5 Å². The number of rotatable bonds is 30. The number of carboxylic acids is 2. The number of hydrogen-bond donors (Lipinski definition) is 11. The number of aryl methyl sites for hydroxylation is 2. The standard InChI is InChI=1S/C26H40O5.C23H34O5.C6H14N4O2.C3H7I.CH4O/c1-19(2)31-26(30)13-9-4-3-8-12-22-23(25(29)18-24(22)28)17-16-21(27)15-14-20-10-6-5-7-11-20;24-18(13-12-17-8-4-3-5-9-17)14-15-20-19(21(25)16-22(20)26)10-6-1-2-7-11-23(27)28;7-4(5(11)12)2-1-3-10-6(8)9;1-3(2)4;1-2/h3,5-8,10-11,19,21-25,27-29H,4,9,12-18H2,1-2H3;1,3-6,8-9,18-22,24-26H,2,7,10-16H2,(H,27,28);4H,1-3,7H2,(H,11,12)(H4,8,9,10);3H,1-2H3;2H,1H3/b8-3-;6-1-;;;/t21-,22+,23+,24-,25+;18-,19+,20+,21-,22+;4-;;/m000../s1. The van der Waals surface area contributed by atoms with Gasteiger partial charge in [0.1, 0.15) is 6.04 Å². The highest BCUT2D eigenvalue weighted by atomic mass is 127.